The summed E-state index contributed by atoms with van der Waals surface area (Å²) in [5, 5.41) is 0. The van der Waals surface area contributed by atoms with Gasteiger partial charge in [0.05, 0.1) is 6.61 Å². The number of benzene rings is 1. The molecule has 0 spiro atoms. The fourth-order valence-corrected chi connectivity index (χ4v) is 2.95. The van der Waals surface area contributed by atoms with Crippen molar-refractivity contribution in [3.63, 3.8) is 0 Å². The Morgan fingerprint density at radius 2 is 2.19 bits per heavy atom. The Kier molecular flexibility index (Phi) is 3.83. The summed E-state index contributed by atoms with van der Waals surface area (Å²) in [4.78, 5) is 12.2. The van der Waals surface area contributed by atoms with E-state index in [0.717, 1.165) is 35.3 Å². The van der Waals surface area contributed by atoms with Gasteiger partial charge in [-0.15, -0.1) is 0 Å². The maximum atomic E-state index is 12.2. The number of rotatable bonds is 4. The summed E-state index contributed by atoms with van der Waals surface area (Å²) in [5.41, 5.74) is 2.37. The van der Waals surface area contributed by atoms with E-state index < -0.39 is 5.60 Å². The van der Waals surface area contributed by atoms with E-state index in [-0.39, 0.29) is 12.6 Å². The van der Waals surface area contributed by atoms with Gasteiger partial charge in [-0.05, 0) is 37.5 Å². The van der Waals surface area contributed by atoms with Gasteiger partial charge in [-0.2, -0.15) is 0 Å². The Bertz CT molecular complexity index is 591. The highest BCUT2D eigenvalue weighted by atomic mass is 16.7. The molecule has 0 fully saturated rings. The lowest BCUT2D eigenvalue weighted by atomic mass is 9.85. The zero-order valence-corrected chi connectivity index (χ0v) is 12.5. The lowest BCUT2D eigenvalue weighted by molar-refractivity contribution is -0.0716. The van der Waals surface area contributed by atoms with Crippen molar-refractivity contribution in [2.45, 2.75) is 31.8 Å². The third-order valence-electron chi connectivity index (χ3n) is 3.96. The summed E-state index contributed by atoms with van der Waals surface area (Å²) < 4.78 is 16.4. The fourth-order valence-electron chi connectivity index (χ4n) is 2.95. The van der Waals surface area contributed by atoms with Crippen molar-refractivity contribution in [3.05, 3.63) is 34.9 Å². The summed E-state index contributed by atoms with van der Waals surface area (Å²) in [7, 11) is 1.59. The van der Waals surface area contributed by atoms with E-state index in [4.69, 9.17) is 14.2 Å². The summed E-state index contributed by atoms with van der Waals surface area (Å²) in [6.07, 6.45) is 6.50. The lowest BCUT2D eigenvalue weighted by Gasteiger charge is -2.33. The second-order valence-corrected chi connectivity index (χ2v) is 5.79. The van der Waals surface area contributed by atoms with Crippen LogP contribution in [-0.4, -0.2) is 31.9 Å². The zero-order valence-electron chi connectivity index (χ0n) is 12.5. The van der Waals surface area contributed by atoms with Gasteiger partial charge in [0, 0.05) is 24.7 Å². The molecule has 1 aromatic carbocycles. The predicted octanol–water partition coefficient (Wildman–Crippen LogP) is 2.99. The van der Waals surface area contributed by atoms with E-state index in [2.05, 4.69) is 0 Å². The van der Waals surface area contributed by atoms with E-state index in [1.54, 1.807) is 7.11 Å². The fraction of sp³-hybridized carbons (Fsp3) is 0.471. The van der Waals surface area contributed by atoms with Gasteiger partial charge in [-0.25, -0.2) is 0 Å². The quantitative estimate of drug-likeness (QED) is 0.631. The number of ether oxygens (including phenoxy) is 3. The minimum Gasteiger partial charge on any atom is -0.480 e. The number of aryl methyl sites for hydroxylation is 1. The molecule has 1 aliphatic carbocycles. The number of ketones is 1. The summed E-state index contributed by atoms with van der Waals surface area (Å²) in [6.45, 7) is 2.60. The first-order valence-electron chi connectivity index (χ1n) is 7.27. The molecule has 3 rings (SSSR count). The van der Waals surface area contributed by atoms with Gasteiger partial charge in [0.15, 0.2) is 5.78 Å². The molecular weight excluding hydrogens is 268 g/mol. The Morgan fingerprint density at radius 3 is 3.00 bits per heavy atom. The van der Waals surface area contributed by atoms with Crippen LogP contribution in [0.25, 0.3) is 6.08 Å². The minimum atomic E-state index is -0.530. The first kappa shape index (κ1) is 14.3. The molecule has 112 valence electrons. The van der Waals surface area contributed by atoms with Crippen molar-refractivity contribution >= 4 is 11.9 Å². The number of methoxy groups -OCH3 is 1. The number of carbonyl (C=O) groups is 1. The normalized spacial score (nSPS) is 23.4. The van der Waals surface area contributed by atoms with Crippen LogP contribution in [0.4, 0.5) is 0 Å². The third kappa shape index (κ3) is 2.74. The number of Topliss-reactive ketones (excluding diaryl/α,β-unsaturated/α-hetero) is 1. The van der Waals surface area contributed by atoms with Gasteiger partial charge in [0.1, 0.15) is 18.1 Å². The van der Waals surface area contributed by atoms with Crippen molar-refractivity contribution in [1.29, 1.82) is 0 Å². The Hall–Kier alpha value is -1.65. The summed E-state index contributed by atoms with van der Waals surface area (Å²) in [5.74, 6) is 0.982. The van der Waals surface area contributed by atoms with Gasteiger partial charge in [-0.1, -0.05) is 12.1 Å². The second kappa shape index (κ2) is 5.62. The summed E-state index contributed by atoms with van der Waals surface area (Å²) >= 11 is 0. The maximum Gasteiger partial charge on any atom is 0.163 e. The third-order valence-corrected chi connectivity index (χ3v) is 3.96. The standard InChI is InChI=1S/C17H20O4/c1-17(10-20-11-19-2)9-8-13-15(21-17)7-6-12-4-3-5-14(18)16(12)13/h6-9H,3-5,10-11H2,1-2H3/t17-/m0/s1. The van der Waals surface area contributed by atoms with Crippen LogP contribution in [-0.2, 0) is 15.9 Å². The van der Waals surface area contributed by atoms with E-state index in [1.807, 2.05) is 31.2 Å². The topological polar surface area (TPSA) is 44.8 Å². The molecule has 4 nitrogen and oxygen atoms in total. The van der Waals surface area contributed by atoms with E-state index in [9.17, 15) is 4.79 Å². The van der Waals surface area contributed by atoms with Gasteiger partial charge in [-0.3, -0.25) is 4.79 Å². The molecule has 4 heteroatoms. The van der Waals surface area contributed by atoms with Crippen LogP contribution in [0.15, 0.2) is 18.2 Å². The van der Waals surface area contributed by atoms with E-state index in [1.165, 1.54) is 0 Å². The molecule has 1 atom stereocenters. The van der Waals surface area contributed by atoms with Crippen molar-refractivity contribution in [2.75, 3.05) is 20.5 Å². The largest absolute Gasteiger partial charge is 0.480 e. The van der Waals surface area contributed by atoms with E-state index in [0.29, 0.717) is 13.0 Å². The van der Waals surface area contributed by atoms with E-state index >= 15 is 0 Å². The van der Waals surface area contributed by atoms with Crippen molar-refractivity contribution in [1.82, 2.24) is 0 Å². The first-order valence-corrected chi connectivity index (χ1v) is 7.27. The number of hydrogen-bond donors (Lipinski definition) is 0. The molecule has 0 radical (unpaired) electrons. The molecule has 0 bridgehead atoms. The molecule has 0 saturated carbocycles. The van der Waals surface area contributed by atoms with Crippen LogP contribution < -0.4 is 4.74 Å². The van der Waals surface area contributed by atoms with Crippen LogP contribution in [0.2, 0.25) is 0 Å². The van der Waals surface area contributed by atoms with Gasteiger partial charge in [0.25, 0.3) is 0 Å². The van der Waals surface area contributed by atoms with Crippen molar-refractivity contribution < 1.29 is 19.0 Å². The zero-order chi connectivity index (χ0) is 14.9. The Balaban J connectivity index is 1.89. The molecule has 1 aliphatic heterocycles. The highest BCUT2D eigenvalue weighted by Crippen LogP contribution is 2.37. The van der Waals surface area contributed by atoms with Crippen LogP contribution in [0.1, 0.15) is 41.3 Å². The molecule has 1 aromatic rings. The molecule has 21 heavy (non-hydrogen) atoms. The molecule has 0 aromatic heterocycles. The highest BCUT2D eigenvalue weighted by molar-refractivity contribution is 6.02. The monoisotopic (exact) mass is 288 g/mol. The van der Waals surface area contributed by atoms with Crippen LogP contribution in [0.3, 0.4) is 0 Å². The van der Waals surface area contributed by atoms with Crippen LogP contribution in [0.5, 0.6) is 5.75 Å². The predicted molar refractivity (Wildman–Crippen MR) is 79.6 cm³/mol. The molecule has 0 N–H and O–H groups in total. The number of hydrogen-bond acceptors (Lipinski definition) is 4. The Morgan fingerprint density at radius 1 is 1.33 bits per heavy atom. The lowest BCUT2D eigenvalue weighted by Crippen LogP contribution is -2.37. The first-order chi connectivity index (χ1) is 10.1. The summed E-state index contributed by atoms with van der Waals surface area (Å²) in [6, 6.07) is 3.98. The number of fused-ring (bicyclic) bond motifs is 3. The van der Waals surface area contributed by atoms with Crippen LogP contribution in [0, 0.1) is 0 Å². The van der Waals surface area contributed by atoms with Gasteiger partial charge < -0.3 is 14.2 Å². The second-order valence-electron chi connectivity index (χ2n) is 5.79. The average Bonchev–Trinajstić information content (AvgIpc) is 2.47. The SMILES string of the molecule is COCOC[C@]1(C)C=Cc2c(ccc3c2C(=O)CCC3)O1. The minimum absolute atomic E-state index is 0.223. The molecule has 2 aliphatic rings. The van der Waals surface area contributed by atoms with Crippen LogP contribution >= 0.6 is 0 Å². The van der Waals surface area contributed by atoms with Gasteiger partial charge >= 0.3 is 0 Å². The van der Waals surface area contributed by atoms with Crippen molar-refractivity contribution in [2.24, 2.45) is 0 Å². The Labute approximate surface area is 124 Å². The average molecular weight is 288 g/mol. The molecule has 0 saturated heterocycles. The maximum absolute atomic E-state index is 12.2. The molecule has 0 unspecified atom stereocenters. The molecular formula is C17H20O4. The number of carbonyl (C=O) groups excluding carboxylic acids is 1. The molecule has 1 heterocycles. The molecule has 0 amide bonds. The smallest absolute Gasteiger partial charge is 0.163 e. The van der Waals surface area contributed by atoms with Gasteiger partial charge in [0.2, 0.25) is 0 Å². The van der Waals surface area contributed by atoms with Crippen molar-refractivity contribution in [3.8, 4) is 5.75 Å². The highest BCUT2D eigenvalue weighted by Gasteiger charge is 2.31.